The lowest BCUT2D eigenvalue weighted by atomic mass is 10.0. The third-order valence-electron chi connectivity index (χ3n) is 3.47. The molecule has 19 heavy (non-hydrogen) atoms. The summed E-state index contributed by atoms with van der Waals surface area (Å²) in [5.41, 5.74) is 0. The summed E-state index contributed by atoms with van der Waals surface area (Å²) >= 11 is 0. The Labute approximate surface area is 118 Å². The summed E-state index contributed by atoms with van der Waals surface area (Å²) in [5.74, 6) is 0. The van der Waals surface area contributed by atoms with Crippen molar-refractivity contribution in [2.75, 3.05) is 6.61 Å². The van der Waals surface area contributed by atoms with Gasteiger partial charge in [0.1, 0.15) is 0 Å². The molecule has 0 aromatic carbocycles. The fraction of sp³-hybridized carbons (Fsp3) is 0.875. The molecule has 1 atom stereocenters. The molecule has 0 bridgehead atoms. The normalized spacial score (nSPS) is 13.2. The zero-order chi connectivity index (χ0) is 14.2. The highest BCUT2D eigenvalue weighted by molar-refractivity contribution is 4.81. The summed E-state index contributed by atoms with van der Waals surface area (Å²) in [6.45, 7) is 0.336. The molecule has 0 aromatic heterocycles. The van der Waals surface area contributed by atoms with Crippen molar-refractivity contribution in [2.24, 2.45) is 0 Å². The molecule has 0 aliphatic carbocycles. The van der Waals surface area contributed by atoms with Gasteiger partial charge in [0.2, 0.25) is 0 Å². The highest BCUT2D eigenvalue weighted by atomic mass is 16.3. The van der Waals surface area contributed by atoms with Gasteiger partial charge in [-0.25, -0.2) is 0 Å². The molecule has 0 aliphatic rings. The van der Waals surface area contributed by atoms with Crippen LogP contribution in [-0.4, -0.2) is 28.0 Å². The predicted octanol–water partition coefficient (Wildman–Crippen LogP) is 4.09. The van der Waals surface area contributed by atoms with Gasteiger partial charge in [-0.05, 0) is 18.9 Å². The van der Waals surface area contributed by atoms with Crippen LogP contribution in [-0.2, 0) is 0 Å². The summed E-state index contributed by atoms with van der Waals surface area (Å²) in [6, 6.07) is 0. The Balaban J connectivity index is 3.03. The SMILES string of the molecule is O/C=C/C(O)CCCCCCCCCCCCCO. The number of unbranched alkanes of at least 4 members (excludes halogenated alkanes) is 10. The number of aliphatic hydroxyl groups is 3. The third kappa shape index (κ3) is 15.4. The first-order valence-electron chi connectivity index (χ1n) is 7.91. The van der Waals surface area contributed by atoms with E-state index < -0.39 is 6.10 Å². The van der Waals surface area contributed by atoms with Crippen molar-refractivity contribution in [3.8, 4) is 0 Å². The van der Waals surface area contributed by atoms with Crippen molar-refractivity contribution >= 4 is 0 Å². The molecule has 3 nitrogen and oxygen atoms in total. The molecule has 0 fully saturated rings. The Morgan fingerprint density at radius 1 is 0.684 bits per heavy atom. The lowest BCUT2D eigenvalue weighted by molar-refractivity contribution is 0.205. The lowest BCUT2D eigenvalue weighted by Crippen LogP contribution is -2.01. The van der Waals surface area contributed by atoms with Gasteiger partial charge in [-0.2, -0.15) is 0 Å². The van der Waals surface area contributed by atoms with Gasteiger partial charge in [0, 0.05) is 6.61 Å². The predicted molar refractivity (Wildman–Crippen MR) is 80.3 cm³/mol. The highest BCUT2D eigenvalue weighted by Crippen LogP contribution is 2.12. The number of rotatable bonds is 14. The first-order valence-corrected chi connectivity index (χ1v) is 7.91. The second-order valence-corrected chi connectivity index (χ2v) is 5.31. The maximum atomic E-state index is 9.35. The van der Waals surface area contributed by atoms with E-state index in [0.717, 1.165) is 25.5 Å². The van der Waals surface area contributed by atoms with Gasteiger partial charge in [-0.15, -0.1) is 0 Å². The Bertz CT molecular complexity index is 192. The monoisotopic (exact) mass is 272 g/mol. The van der Waals surface area contributed by atoms with Crippen molar-refractivity contribution in [1.82, 2.24) is 0 Å². The minimum Gasteiger partial charge on any atom is -0.516 e. The van der Waals surface area contributed by atoms with Crippen LogP contribution in [0.15, 0.2) is 12.3 Å². The largest absolute Gasteiger partial charge is 0.516 e. The van der Waals surface area contributed by atoms with E-state index in [9.17, 15) is 5.11 Å². The van der Waals surface area contributed by atoms with Gasteiger partial charge in [0.25, 0.3) is 0 Å². The molecular formula is C16H32O3. The molecule has 1 unspecified atom stereocenters. The molecular weight excluding hydrogens is 240 g/mol. The number of hydrogen-bond donors (Lipinski definition) is 3. The van der Waals surface area contributed by atoms with Gasteiger partial charge < -0.3 is 15.3 Å². The van der Waals surface area contributed by atoms with Crippen molar-refractivity contribution in [2.45, 2.75) is 83.2 Å². The summed E-state index contributed by atoms with van der Waals surface area (Å²) < 4.78 is 0. The molecule has 3 N–H and O–H groups in total. The van der Waals surface area contributed by atoms with Crippen LogP contribution < -0.4 is 0 Å². The van der Waals surface area contributed by atoms with E-state index in [2.05, 4.69) is 0 Å². The zero-order valence-electron chi connectivity index (χ0n) is 12.3. The topological polar surface area (TPSA) is 60.7 Å². The van der Waals surface area contributed by atoms with Crippen LogP contribution in [0.1, 0.15) is 77.0 Å². The van der Waals surface area contributed by atoms with Crippen LogP contribution in [0.3, 0.4) is 0 Å². The highest BCUT2D eigenvalue weighted by Gasteiger charge is 1.98. The van der Waals surface area contributed by atoms with Crippen molar-refractivity contribution in [3.63, 3.8) is 0 Å². The van der Waals surface area contributed by atoms with Crippen molar-refractivity contribution in [3.05, 3.63) is 12.3 Å². The Morgan fingerprint density at radius 2 is 1.11 bits per heavy atom. The van der Waals surface area contributed by atoms with E-state index in [1.807, 2.05) is 0 Å². The quantitative estimate of drug-likeness (QED) is 0.330. The van der Waals surface area contributed by atoms with Gasteiger partial charge in [0.05, 0.1) is 12.4 Å². The second-order valence-electron chi connectivity index (χ2n) is 5.31. The Hall–Kier alpha value is -0.540. The average molecular weight is 272 g/mol. The van der Waals surface area contributed by atoms with Gasteiger partial charge in [-0.1, -0.05) is 64.2 Å². The molecule has 0 rings (SSSR count). The number of aliphatic hydroxyl groups excluding tert-OH is 3. The van der Waals surface area contributed by atoms with Crippen molar-refractivity contribution < 1.29 is 15.3 Å². The maximum absolute atomic E-state index is 9.35. The first-order chi connectivity index (χ1) is 9.31. The molecule has 0 saturated carbocycles. The standard InChI is InChI=1S/C16H32O3/c17-14-11-9-7-5-3-1-2-4-6-8-10-12-16(19)13-15-18/h13,15-19H,1-12,14H2/b15-13+. The molecule has 3 heteroatoms. The molecule has 0 saturated heterocycles. The van der Waals surface area contributed by atoms with Gasteiger partial charge in [-0.3, -0.25) is 0 Å². The fourth-order valence-electron chi connectivity index (χ4n) is 2.25. The molecule has 0 spiro atoms. The molecule has 0 amide bonds. The lowest BCUT2D eigenvalue weighted by Gasteiger charge is -2.05. The minimum atomic E-state index is -0.482. The summed E-state index contributed by atoms with van der Waals surface area (Å²) in [6.07, 6.45) is 16.0. The second kappa shape index (κ2) is 15.5. The molecule has 114 valence electrons. The van der Waals surface area contributed by atoms with E-state index in [0.29, 0.717) is 6.61 Å². The van der Waals surface area contributed by atoms with Gasteiger partial charge in [0.15, 0.2) is 0 Å². The van der Waals surface area contributed by atoms with E-state index in [1.165, 1.54) is 63.9 Å². The molecule has 0 heterocycles. The van der Waals surface area contributed by atoms with Crippen LogP contribution in [0.5, 0.6) is 0 Å². The van der Waals surface area contributed by atoms with Crippen LogP contribution in [0.2, 0.25) is 0 Å². The third-order valence-corrected chi connectivity index (χ3v) is 3.47. The minimum absolute atomic E-state index is 0.336. The van der Waals surface area contributed by atoms with Gasteiger partial charge >= 0.3 is 0 Å². The fourth-order valence-corrected chi connectivity index (χ4v) is 2.25. The summed E-state index contributed by atoms with van der Waals surface area (Å²) in [4.78, 5) is 0. The maximum Gasteiger partial charge on any atom is 0.0777 e. The number of hydrogen-bond acceptors (Lipinski definition) is 3. The van der Waals surface area contributed by atoms with Crippen molar-refractivity contribution in [1.29, 1.82) is 0 Å². The molecule has 0 radical (unpaired) electrons. The van der Waals surface area contributed by atoms with E-state index in [1.54, 1.807) is 0 Å². The Morgan fingerprint density at radius 3 is 1.53 bits per heavy atom. The van der Waals surface area contributed by atoms with Crippen LogP contribution in [0.4, 0.5) is 0 Å². The van der Waals surface area contributed by atoms with Crippen LogP contribution in [0.25, 0.3) is 0 Å². The zero-order valence-corrected chi connectivity index (χ0v) is 12.3. The first kappa shape index (κ1) is 18.5. The molecule has 0 aromatic rings. The van der Waals surface area contributed by atoms with Crippen LogP contribution in [0, 0.1) is 0 Å². The molecule has 0 aliphatic heterocycles. The summed E-state index contributed by atoms with van der Waals surface area (Å²) in [7, 11) is 0. The van der Waals surface area contributed by atoms with E-state index in [-0.39, 0.29) is 0 Å². The summed E-state index contributed by atoms with van der Waals surface area (Å²) in [5, 5.41) is 26.5. The smallest absolute Gasteiger partial charge is 0.0777 e. The van der Waals surface area contributed by atoms with E-state index >= 15 is 0 Å². The van der Waals surface area contributed by atoms with E-state index in [4.69, 9.17) is 10.2 Å². The Kier molecular flexibility index (Phi) is 15.1. The van der Waals surface area contributed by atoms with Crippen LogP contribution >= 0.6 is 0 Å². The average Bonchev–Trinajstić information content (AvgIpc) is 2.40.